The standard InChI is InChI=1S/C17H19F3N4O4S/c1-28-8-7-23(12(25)10-29-17(18,19)20)13-14(21)24(16(27)22-15(13)26)9-11-5-3-2-4-6-11/h2-6H,7-10,21H2,1H3,(H,22,26,27). The molecular weight excluding hydrogens is 413 g/mol. The quantitative estimate of drug-likeness (QED) is 0.653. The lowest BCUT2D eigenvalue weighted by Gasteiger charge is -2.24. The van der Waals surface area contributed by atoms with Crippen molar-refractivity contribution in [3.05, 3.63) is 56.7 Å². The largest absolute Gasteiger partial charge is 0.442 e. The summed E-state index contributed by atoms with van der Waals surface area (Å²) >= 11 is -0.534. The molecule has 0 aliphatic carbocycles. The molecule has 0 saturated carbocycles. The topological polar surface area (TPSA) is 110 Å². The molecule has 0 aliphatic heterocycles. The van der Waals surface area contributed by atoms with Gasteiger partial charge in [-0.25, -0.2) is 4.79 Å². The Balaban J connectivity index is 2.46. The molecule has 0 bridgehead atoms. The minimum atomic E-state index is -4.62. The van der Waals surface area contributed by atoms with Crippen LogP contribution in [-0.4, -0.2) is 47.0 Å². The van der Waals surface area contributed by atoms with Crippen molar-refractivity contribution < 1.29 is 22.7 Å². The Bertz CT molecular complexity index is 960. The van der Waals surface area contributed by atoms with Crippen LogP contribution in [0.2, 0.25) is 0 Å². The molecule has 12 heteroatoms. The maximum Gasteiger partial charge on any atom is 0.442 e. The highest BCUT2D eigenvalue weighted by atomic mass is 32.2. The van der Waals surface area contributed by atoms with Crippen molar-refractivity contribution in [2.45, 2.75) is 12.1 Å². The zero-order valence-corrected chi connectivity index (χ0v) is 16.2. The van der Waals surface area contributed by atoms with Crippen molar-refractivity contribution >= 4 is 29.2 Å². The highest BCUT2D eigenvalue weighted by molar-refractivity contribution is 8.00. The van der Waals surface area contributed by atoms with Crippen molar-refractivity contribution in [2.75, 3.05) is 36.6 Å². The molecule has 1 aromatic carbocycles. The van der Waals surface area contributed by atoms with Gasteiger partial charge in [-0.2, -0.15) is 13.2 Å². The number of nitrogens with two attached hydrogens (primary N) is 1. The Hall–Kier alpha value is -2.73. The molecule has 29 heavy (non-hydrogen) atoms. The average molecular weight is 432 g/mol. The van der Waals surface area contributed by atoms with Gasteiger partial charge in [0.15, 0.2) is 5.69 Å². The van der Waals surface area contributed by atoms with Crippen molar-refractivity contribution in [1.29, 1.82) is 0 Å². The van der Waals surface area contributed by atoms with E-state index in [2.05, 4.69) is 4.98 Å². The van der Waals surface area contributed by atoms with Crippen LogP contribution in [0.3, 0.4) is 0 Å². The molecule has 0 aliphatic rings. The molecule has 1 heterocycles. The highest BCUT2D eigenvalue weighted by Gasteiger charge is 2.32. The Morgan fingerprint density at radius 3 is 2.52 bits per heavy atom. The van der Waals surface area contributed by atoms with E-state index in [4.69, 9.17) is 10.5 Å². The van der Waals surface area contributed by atoms with Crippen LogP contribution in [0.5, 0.6) is 0 Å². The molecule has 0 fully saturated rings. The summed E-state index contributed by atoms with van der Waals surface area (Å²) in [5, 5.41) is 0. The van der Waals surface area contributed by atoms with Gasteiger partial charge in [0.05, 0.1) is 18.9 Å². The number of anilines is 2. The summed E-state index contributed by atoms with van der Waals surface area (Å²) in [4.78, 5) is 39.9. The summed E-state index contributed by atoms with van der Waals surface area (Å²) in [5.41, 5.74) is -0.0915. The summed E-state index contributed by atoms with van der Waals surface area (Å²) < 4.78 is 43.4. The van der Waals surface area contributed by atoms with E-state index in [-0.39, 0.29) is 25.5 Å². The van der Waals surface area contributed by atoms with Gasteiger partial charge in [0.2, 0.25) is 5.91 Å². The van der Waals surface area contributed by atoms with Crippen LogP contribution >= 0.6 is 11.8 Å². The molecule has 0 unspecified atom stereocenters. The lowest BCUT2D eigenvalue weighted by Crippen LogP contribution is -2.43. The number of aromatic nitrogens is 2. The third kappa shape index (κ3) is 6.12. The van der Waals surface area contributed by atoms with Crippen LogP contribution in [-0.2, 0) is 16.1 Å². The van der Waals surface area contributed by atoms with Crippen molar-refractivity contribution in [1.82, 2.24) is 9.55 Å². The van der Waals surface area contributed by atoms with Crippen molar-refractivity contribution in [3.8, 4) is 0 Å². The molecule has 2 rings (SSSR count). The fourth-order valence-electron chi connectivity index (χ4n) is 2.53. The van der Waals surface area contributed by atoms with E-state index in [9.17, 15) is 27.6 Å². The van der Waals surface area contributed by atoms with Crippen molar-refractivity contribution in [3.63, 3.8) is 0 Å². The molecule has 8 nitrogen and oxygen atoms in total. The maximum atomic E-state index is 12.5. The number of hydrogen-bond donors (Lipinski definition) is 2. The summed E-state index contributed by atoms with van der Waals surface area (Å²) in [6.45, 7) is -0.275. The van der Waals surface area contributed by atoms with Gasteiger partial charge in [0.25, 0.3) is 5.56 Å². The number of ether oxygens (including phenoxy) is 1. The summed E-state index contributed by atoms with van der Waals surface area (Å²) in [5.74, 6) is -2.28. The Labute approximate surface area is 167 Å². The van der Waals surface area contributed by atoms with E-state index < -0.39 is 45.9 Å². The van der Waals surface area contributed by atoms with Crippen LogP contribution in [0.1, 0.15) is 5.56 Å². The number of thioether (sulfide) groups is 1. The maximum absolute atomic E-state index is 12.5. The van der Waals surface area contributed by atoms with E-state index in [1.165, 1.54) is 7.11 Å². The molecule has 0 saturated heterocycles. The second kappa shape index (κ2) is 9.65. The predicted octanol–water partition coefficient (Wildman–Crippen LogP) is 1.40. The van der Waals surface area contributed by atoms with E-state index in [1.807, 2.05) is 0 Å². The number of halogens is 3. The van der Waals surface area contributed by atoms with Gasteiger partial charge in [-0.1, -0.05) is 30.3 Å². The molecule has 0 atom stereocenters. The second-order valence-corrected chi connectivity index (χ2v) is 6.88. The zero-order chi connectivity index (χ0) is 21.6. The first kappa shape index (κ1) is 22.6. The van der Waals surface area contributed by atoms with Crippen molar-refractivity contribution in [2.24, 2.45) is 0 Å². The SMILES string of the molecule is COCCN(C(=O)CSC(F)(F)F)c1c(N)n(Cc2ccccc2)c(=O)[nH]c1=O. The zero-order valence-electron chi connectivity index (χ0n) is 15.4. The highest BCUT2D eigenvalue weighted by Crippen LogP contribution is 2.30. The van der Waals surface area contributed by atoms with Crippen LogP contribution < -0.4 is 21.9 Å². The van der Waals surface area contributed by atoms with Gasteiger partial charge in [-0.15, -0.1) is 0 Å². The van der Waals surface area contributed by atoms with E-state index >= 15 is 0 Å². The fourth-order valence-corrected chi connectivity index (χ4v) is 2.97. The summed E-state index contributed by atoms with van der Waals surface area (Å²) in [7, 11) is 1.33. The lowest BCUT2D eigenvalue weighted by molar-refractivity contribution is -0.116. The van der Waals surface area contributed by atoms with Crippen LogP contribution in [0.4, 0.5) is 24.7 Å². The van der Waals surface area contributed by atoms with Gasteiger partial charge in [-0.3, -0.25) is 19.1 Å². The third-order valence-corrected chi connectivity index (χ3v) is 4.57. The first-order valence-electron chi connectivity index (χ1n) is 8.30. The number of H-pyrrole nitrogens is 1. The number of carbonyl (C=O) groups is 1. The number of methoxy groups -OCH3 is 1. The predicted molar refractivity (Wildman–Crippen MR) is 104 cm³/mol. The molecule has 1 aromatic heterocycles. The Morgan fingerprint density at radius 1 is 1.28 bits per heavy atom. The van der Waals surface area contributed by atoms with Crippen LogP contribution in [0.15, 0.2) is 39.9 Å². The molecule has 2 aromatic rings. The summed E-state index contributed by atoms with van der Waals surface area (Å²) in [6.07, 6.45) is 0. The minimum Gasteiger partial charge on any atom is -0.383 e. The van der Waals surface area contributed by atoms with Gasteiger partial charge < -0.3 is 15.4 Å². The Morgan fingerprint density at radius 2 is 1.93 bits per heavy atom. The van der Waals surface area contributed by atoms with E-state index in [0.717, 1.165) is 9.47 Å². The number of amides is 1. The van der Waals surface area contributed by atoms with Crippen LogP contribution in [0.25, 0.3) is 0 Å². The third-order valence-electron chi connectivity index (χ3n) is 3.85. The van der Waals surface area contributed by atoms with Gasteiger partial charge in [-0.05, 0) is 17.3 Å². The van der Waals surface area contributed by atoms with Crippen LogP contribution in [0, 0.1) is 0 Å². The minimum absolute atomic E-state index is 0.00110. The average Bonchev–Trinajstić information content (AvgIpc) is 2.66. The molecule has 158 valence electrons. The normalized spacial score (nSPS) is 11.4. The van der Waals surface area contributed by atoms with Gasteiger partial charge in [0, 0.05) is 13.7 Å². The van der Waals surface area contributed by atoms with Gasteiger partial charge in [0.1, 0.15) is 5.82 Å². The summed E-state index contributed by atoms with van der Waals surface area (Å²) in [6, 6.07) is 8.71. The number of benzene rings is 1. The first-order chi connectivity index (χ1) is 13.6. The fraction of sp³-hybridized carbons (Fsp3) is 0.353. The first-order valence-corrected chi connectivity index (χ1v) is 9.29. The molecule has 0 radical (unpaired) electrons. The van der Waals surface area contributed by atoms with E-state index in [0.29, 0.717) is 5.56 Å². The number of hydrogen-bond acceptors (Lipinski definition) is 6. The van der Waals surface area contributed by atoms with E-state index in [1.54, 1.807) is 30.3 Å². The lowest BCUT2D eigenvalue weighted by atomic mass is 10.2. The number of nitrogen functional groups attached to an aromatic ring is 1. The number of nitrogens with one attached hydrogen (secondary N) is 1. The number of nitrogens with zero attached hydrogens (tertiary/aromatic N) is 2. The molecular formula is C17H19F3N4O4S. The number of aromatic amines is 1. The number of alkyl halides is 3. The molecule has 1 amide bonds. The van der Waals surface area contributed by atoms with Gasteiger partial charge >= 0.3 is 11.2 Å². The monoisotopic (exact) mass is 432 g/mol. The molecule has 3 N–H and O–H groups in total. The molecule has 0 spiro atoms. The number of rotatable bonds is 8. The smallest absolute Gasteiger partial charge is 0.383 e. The Kier molecular flexibility index (Phi) is 7.51. The second-order valence-electron chi connectivity index (χ2n) is 5.84. The number of carbonyl (C=O) groups excluding carboxylic acids is 1.